The van der Waals surface area contributed by atoms with Crippen LogP contribution in [0.3, 0.4) is 0 Å². The van der Waals surface area contributed by atoms with Gasteiger partial charge in [-0.3, -0.25) is 0 Å². The number of halogens is 1. The Balaban J connectivity index is 1.55. The summed E-state index contributed by atoms with van der Waals surface area (Å²) in [6.45, 7) is 10.1. The maximum atomic E-state index is 12.8. The maximum Gasteiger partial charge on any atom is 0.161 e. The van der Waals surface area contributed by atoms with E-state index in [0.29, 0.717) is 31.5 Å². The predicted molar refractivity (Wildman–Crippen MR) is 110 cm³/mol. The standard InChI is InChI=1S/C21H28FN5O/c1-4-19(8-7-16(2)22)28-13-10-23-14-18-15-24-27-12-9-20(25-21(18)27)26-11-5-6-17(26)3/h4,7-9,12,15,17,23H,1,5-6,10-11,13-14H2,2-3H3/b16-7+,19-8+. The van der Waals surface area contributed by atoms with Crippen molar-refractivity contribution >= 4 is 11.5 Å². The third-order valence-corrected chi connectivity index (χ3v) is 4.82. The average Bonchev–Trinajstić information content (AvgIpc) is 3.29. The van der Waals surface area contributed by atoms with Crippen molar-refractivity contribution in [2.24, 2.45) is 0 Å². The number of aromatic nitrogens is 3. The Hall–Kier alpha value is -2.67. The first kappa shape index (κ1) is 20.1. The molecule has 1 saturated heterocycles. The zero-order chi connectivity index (χ0) is 19.9. The molecule has 28 heavy (non-hydrogen) atoms. The summed E-state index contributed by atoms with van der Waals surface area (Å²) in [5, 5.41) is 7.73. The number of nitrogens with one attached hydrogen (secondary N) is 1. The molecule has 1 aliphatic heterocycles. The van der Waals surface area contributed by atoms with E-state index in [0.717, 1.165) is 23.6 Å². The fourth-order valence-corrected chi connectivity index (χ4v) is 3.30. The molecule has 1 aliphatic rings. The highest BCUT2D eigenvalue weighted by Gasteiger charge is 2.22. The van der Waals surface area contributed by atoms with Gasteiger partial charge in [-0.2, -0.15) is 5.10 Å². The van der Waals surface area contributed by atoms with E-state index in [-0.39, 0.29) is 5.83 Å². The lowest BCUT2D eigenvalue weighted by Crippen LogP contribution is -2.27. The molecular weight excluding hydrogens is 357 g/mol. The fraction of sp³-hybridized carbons (Fsp3) is 0.429. The smallest absolute Gasteiger partial charge is 0.161 e. The Bertz CT molecular complexity index is 869. The van der Waals surface area contributed by atoms with Crippen molar-refractivity contribution in [2.75, 3.05) is 24.6 Å². The van der Waals surface area contributed by atoms with Crippen LogP contribution in [0.2, 0.25) is 0 Å². The van der Waals surface area contributed by atoms with Gasteiger partial charge in [-0.1, -0.05) is 6.58 Å². The highest BCUT2D eigenvalue weighted by molar-refractivity contribution is 5.53. The molecule has 3 heterocycles. The molecule has 2 aromatic rings. The summed E-state index contributed by atoms with van der Waals surface area (Å²) in [5.74, 6) is 1.28. The summed E-state index contributed by atoms with van der Waals surface area (Å²) < 4.78 is 20.2. The first-order chi connectivity index (χ1) is 13.6. The Labute approximate surface area is 165 Å². The second-order valence-corrected chi connectivity index (χ2v) is 6.96. The number of ether oxygens (including phenoxy) is 1. The Kier molecular flexibility index (Phi) is 6.81. The van der Waals surface area contributed by atoms with Crippen molar-refractivity contribution in [3.8, 4) is 0 Å². The number of hydrogen-bond acceptors (Lipinski definition) is 5. The Morgan fingerprint density at radius 3 is 3.04 bits per heavy atom. The van der Waals surface area contributed by atoms with Gasteiger partial charge in [0.05, 0.1) is 12.0 Å². The van der Waals surface area contributed by atoms with E-state index in [4.69, 9.17) is 9.72 Å². The molecule has 0 spiro atoms. The summed E-state index contributed by atoms with van der Waals surface area (Å²) in [7, 11) is 0. The third-order valence-electron chi connectivity index (χ3n) is 4.82. The van der Waals surface area contributed by atoms with Crippen LogP contribution >= 0.6 is 0 Å². The molecule has 0 radical (unpaired) electrons. The van der Waals surface area contributed by atoms with Crippen molar-refractivity contribution in [1.29, 1.82) is 0 Å². The Morgan fingerprint density at radius 2 is 2.32 bits per heavy atom. The number of hydrogen-bond donors (Lipinski definition) is 1. The van der Waals surface area contributed by atoms with Crippen LogP contribution in [-0.4, -0.2) is 40.3 Å². The van der Waals surface area contributed by atoms with E-state index in [1.165, 1.54) is 25.8 Å². The third kappa shape index (κ3) is 4.98. The molecule has 1 fully saturated rings. The number of nitrogens with zero attached hydrogens (tertiary/aromatic N) is 4. The van der Waals surface area contributed by atoms with Crippen LogP contribution in [0, 0.1) is 0 Å². The van der Waals surface area contributed by atoms with Crippen LogP contribution in [0.4, 0.5) is 10.2 Å². The molecule has 6 nitrogen and oxygen atoms in total. The molecule has 1 N–H and O–H groups in total. The monoisotopic (exact) mass is 385 g/mol. The van der Waals surface area contributed by atoms with E-state index in [1.54, 1.807) is 12.2 Å². The Morgan fingerprint density at radius 1 is 1.46 bits per heavy atom. The van der Waals surface area contributed by atoms with Crippen molar-refractivity contribution in [2.45, 2.75) is 39.3 Å². The fourth-order valence-electron chi connectivity index (χ4n) is 3.30. The summed E-state index contributed by atoms with van der Waals surface area (Å²) in [4.78, 5) is 7.20. The molecule has 3 rings (SSSR count). The van der Waals surface area contributed by atoms with E-state index in [1.807, 2.05) is 23.0 Å². The van der Waals surface area contributed by atoms with Crippen LogP contribution < -0.4 is 10.2 Å². The van der Waals surface area contributed by atoms with Crippen molar-refractivity contribution in [3.63, 3.8) is 0 Å². The van der Waals surface area contributed by atoms with E-state index in [2.05, 4.69) is 28.8 Å². The van der Waals surface area contributed by atoms with Crippen molar-refractivity contribution in [3.05, 3.63) is 60.4 Å². The molecule has 0 aliphatic carbocycles. The summed E-state index contributed by atoms with van der Waals surface area (Å²) in [5.41, 5.74) is 1.92. The normalized spacial score (nSPS) is 18.1. The van der Waals surface area contributed by atoms with Gasteiger partial charge in [-0.15, -0.1) is 0 Å². The average molecular weight is 385 g/mol. The number of anilines is 1. The van der Waals surface area contributed by atoms with Crippen LogP contribution in [0.1, 0.15) is 32.3 Å². The first-order valence-electron chi connectivity index (χ1n) is 9.68. The largest absolute Gasteiger partial charge is 0.492 e. The second-order valence-electron chi connectivity index (χ2n) is 6.96. The van der Waals surface area contributed by atoms with Gasteiger partial charge >= 0.3 is 0 Å². The van der Waals surface area contributed by atoms with E-state index in [9.17, 15) is 4.39 Å². The number of rotatable bonds is 9. The van der Waals surface area contributed by atoms with Gasteiger partial charge in [-0.25, -0.2) is 13.9 Å². The molecule has 0 bridgehead atoms. The maximum absolute atomic E-state index is 12.8. The zero-order valence-corrected chi connectivity index (χ0v) is 16.6. The minimum atomic E-state index is -0.274. The van der Waals surface area contributed by atoms with Gasteiger partial charge in [0.15, 0.2) is 5.65 Å². The molecule has 150 valence electrons. The molecule has 1 unspecified atom stereocenters. The quantitative estimate of drug-likeness (QED) is 0.405. The predicted octanol–water partition coefficient (Wildman–Crippen LogP) is 3.77. The van der Waals surface area contributed by atoms with Crippen molar-refractivity contribution in [1.82, 2.24) is 19.9 Å². The lowest BCUT2D eigenvalue weighted by molar-refractivity contribution is 0.224. The summed E-state index contributed by atoms with van der Waals surface area (Å²) in [6.07, 6.45) is 10.7. The molecule has 2 aromatic heterocycles. The second kappa shape index (κ2) is 9.50. The SMILES string of the molecule is C=C/C(=C\C=C(/C)F)OCCNCc1cnn2ccc(N3CCCC3C)nc12. The molecule has 1 atom stereocenters. The van der Waals surface area contributed by atoms with Gasteiger partial charge in [0.25, 0.3) is 0 Å². The van der Waals surface area contributed by atoms with Gasteiger partial charge in [0.2, 0.25) is 0 Å². The number of allylic oxidation sites excluding steroid dienone is 4. The van der Waals surface area contributed by atoms with Gasteiger partial charge in [0, 0.05) is 37.4 Å². The van der Waals surface area contributed by atoms with Crippen LogP contribution in [0.15, 0.2) is 54.9 Å². The van der Waals surface area contributed by atoms with Crippen LogP contribution in [-0.2, 0) is 11.3 Å². The topological polar surface area (TPSA) is 54.7 Å². The van der Waals surface area contributed by atoms with Crippen LogP contribution in [0.5, 0.6) is 0 Å². The number of fused-ring (bicyclic) bond motifs is 1. The van der Waals surface area contributed by atoms with Gasteiger partial charge in [0.1, 0.15) is 18.2 Å². The summed E-state index contributed by atoms with van der Waals surface area (Å²) >= 11 is 0. The molecule has 0 saturated carbocycles. The highest BCUT2D eigenvalue weighted by atomic mass is 19.1. The molecular formula is C21H28FN5O. The van der Waals surface area contributed by atoms with Gasteiger partial charge in [-0.05, 0) is 51.0 Å². The minimum Gasteiger partial charge on any atom is -0.492 e. The molecule has 0 amide bonds. The lowest BCUT2D eigenvalue weighted by Gasteiger charge is -2.22. The van der Waals surface area contributed by atoms with Crippen LogP contribution in [0.25, 0.3) is 5.65 Å². The molecule has 7 heteroatoms. The van der Waals surface area contributed by atoms with E-state index >= 15 is 0 Å². The summed E-state index contributed by atoms with van der Waals surface area (Å²) in [6, 6.07) is 2.56. The zero-order valence-electron chi connectivity index (χ0n) is 16.6. The highest BCUT2D eigenvalue weighted by Crippen LogP contribution is 2.24. The minimum absolute atomic E-state index is 0.274. The molecule has 0 aromatic carbocycles. The first-order valence-corrected chi connectivity index (χ1v) is 9.68. The lowest BCUT2D eigenvalue weighted by atomic mass is 10.2. The van der Waals surface area contributed by atoms with E-state index < -0.39 is 0 Å². The van der Waals surface area contributed by atoms with Crippen molar-refractivity contribution < 1.29 is 9.13 Å². The van der Waals surface area contributed by atoms with Gasteiger partial charge < -0.3 is 15.0 Å².